The average Bonchev–Trinajstić information content (AvgIpc) is 2.64. The maximum absolute atomic E-state index is 12.0. The van der Waals surface area contributed by atoms with Crippen LogP contribution < -0.4 is 10.6 Å². The molecule has 0 spiro atoms. The van der Waals surface area contributed by atoms with E-state index in [1.165, 1.54) is 11.3 Å². The highest BCUT2D eigenvalue weighted by molar-refractivity contribution is 7.16. The van der Waals surface area contributed by atoms with Crippen LogP contribution in [0.4, 0.5) is 5.00 Å². The summed E-state index contributed by atoms with van der Waals surface area (Å²) in [6, 6.07) is 2.16. The molecule has 20 heavy (non-hydrogen) atoms. The molecule has 0 unspecified atom stereocenters. The fourth-order valence-corrected chi connectivity index (χ4v) is 2.89. The van der Waals surface area contributed by atoms with Crippen molar-refractivity contribution in [3.05, 3.63) is 16.0 Å². The van der Waals surface area contributed by atoms with E-state index < -0.39 is 0 Å². The predicted octanol–water partition coefficient (Wildman–Crippen LogP) is 1.72. The number of aryl methyl sites for hydroxylation is 1. The molecule has 1 aromatic rings. The highest BCUT2D eigenvalue weighted by Gasteiger charge is 2.15. The summed E-state index contributed by atoms with van der Waals surface area (Å²) in [5.74, 6) is -0.0743. The molecular formula is C14H22N4OS. The number of hydrogen-bond acceptors (Lipinski definition) is 5. The number of nitriles is 1. The first-order valence-electron chi connectivity index (χ1n) is 6.62. The summed E-state index contributed by atoms with van der Waals surface area (Å²) in [5, 5.41) is 15.7. The Labute approximate surface area is 124 Å². The van der Waals surface area contributed by atoms with Gasteiger partial charge in [0.2, 0.25) is 5.91 Å². The van der Waals surface area contributed by atoms with Gasteiger partial charge in [0.1, 0.15) is 11.1 Å². The number of hydrogen-bond donors (Lipinski definition) is 2. The molecule has 1 rings (SSSR count). The molecule has 0 bridgehead atoms. The molecule has 1 amide bonds. The van der Waals surface area contributed by atoms with Gasteiger partial charge in [-0.05, 0) is 53.0 Å². The molecule has 6 heteroatoms. The van der Waals surface area contributed by atoms with Gasteiger partial charge < -0.3 is 10.6 Å². The van der Waals surface area contributed by atoms with E-state index in [2.05, 4.69) is 16.7 Å². The van der Waals surface area contributed by atoms with Gasteiger partial charge >= 0.3 is 0 Å². The zero-order valence-electron chi connectivity index (χ0n) is 12.5. The van der Waals surface area contributed by atoms with Crippen molar-refractivity contribution in [3.8, 4) is 6.07 Å². The first-order chi connectivity index (χ1) is 9.49. The Morgan fingerprint density at radius 3 is 2.75 bits per heavy atom. The van der Waals surface area contributed by atoms with E-state index in [1.807, 2.05) is 32.8 Å². The van der Waals surface area contributed by atoms with Crippen LogP contribution in [-0.2, 0) is 4.79 Å². The van der Waals surface area contributed by atoms with Crippen molar-refractivity contribution in [1.82, 2.24) is 10.2 Å². The van der Waals surface area contributed by atoms with Crippen LogP contribution in [0.25, 0.3) is 0 Å². The Balaban J connectivity index is 2.55. The molecule has 0 aliphatic rings. The van der Waals surface area contributed by atoms with Crippen LogP contribution in [0.3, 0.4) is 0 Å². The van der Waals surface area contributed by atoms with E-state index in [1.54, 1.807) is 0 Å². The minimum absolute atomic E-state index is 0.0743. The van der Waals surface area contributed by atoms with Crippen molar-refractivity contribution < 1.29 is 4.79 Å². The second kappa shape index (κ2) is 8.00. The molecule has 0 saturated carbocycles. The van der Waals surface area contributed by atoms with Gasteiger partial charge in [0.25, 0.3) is 0 Å². The normalized spacial score (nSPS) is 10.6. The molecule has 110 valence electrons. The zero-order valence-corrected chi connectivity index (χ0v) is 13.4. The molecule has 0 aliphatic heterocycles. The van der Waals surface area contributed by atoms with Crippen molar-refractivity contribution in [2.75, 3.05) is 39.0 Å². The minimum atomic E-state index is -0.0743. The fourth-order valence-electron chi connectivity index (χ4n) is 1.87. The Kier molecular flexibility index (Phi) is 6.65. The van der Waals surface area contributed by atoms with Crippen LogP contribution >= 0.6 is 11.3 Å². The van der Waals surface area contributed by atoms with Crippen molar-refractivity contribution in [2.24, 2.45) is 0 Å². The van der Waals surface area contributed by atoms with Crippen molar-refractivity contribution in [1.29, 1.82) is 5.26 Å². The van der Waals surface area contributed by atoms with E-state index in [4.69, 9.17) is 5.26 Å². The number of thiophene rings is 1. The number of amides is 1. The third kappa shape index (κ3) is 4.60. The van der Waals surface area contributed by atoms with E-state index in [0.717, 1.165) is 30.0 Å². The molecule has 0 radical (unpaired) electrons. The van der Waals surface area contributed by atoms with E-state index in [9.17, 15) is 4.79 Å². The largest absolute Gasteiger partial charge is 0.320 e. The Morgan fingerprint density at radius 2 is 2.15 bits per heavy atom. The van der Waals surface area contributed by atoms with E-state index >= 15 is 0 Å². The van der Waals surface area contributed by atoms with Crippen LogP contribution in [0.1, 0.15) is 22.4 Å². The van der Waals surface area contributed by atoms with Crippen LogP contribution in [0.15, 0.2) is 0 Å². The molecule has 0 aliphatic carbocycles. The van der Waals surface area contributed by atoms with Gasteiger partial charge in [0.15, 0.2) is 0 Å². The lowest BCUT2D eigenvalue weighted by Crippen LogP contribution is -2.31. The highest BCUT2D eigenvalue weighted by atomic mass is 32.1. The molecule has 2 N–H and O–H groups in total. The molecule has 0 atom stereocenters. The summed E-state index contributed by atoms with van der Waals surface area (Å²) < 4.78 is 0. The second-order valence-electron chi connectivity index (χ2n) is 4.84. The summed E-state index contributed by atoms with van der Waals surface area (Å²) in [6.45, 7) is 6.00. The zero-order chi connectivity index (χ0) is 15.1. The summed E-state index contributed by atoms with van der Waals surface area (Å²) in [4.78, 5) is 15.0. The Bertz CT molecular complexity index is 504. The summed E-state index contributed by atoms with van der Waals surface area (Å²) in [7, 11) is 3.84. The Morgan fingerprint density at radius 1 is 1.45 bits per heavy atom. The Hall–Kier alpha value is -1.42. The molecule has 1 aromatic heterocycles. The number of carbonyl (C=O) groups excluding carboxylic acids is 1. The van der Waals surface area contributed by atoms with Gasteiger partial charge in [-0.3, -0.25) is 9.69 Å². The lowest BCUT2D eigenvalue weighted by molar-refractivity contribution is -0.117. The fraction of sp³-hybridized carbons (Fsp3) is 0.571. The van der Waals surface area contributed by atoms with Gasteiger partial charge in [-0.25, -0.2) is 0 Å². The molecule has 5 nitrogen and oxygen atoms in total. The maximum Gasteiger partial charge on any atom is 0.239 e. The number of likely N-dealkylation sites (N-methyl/N-ethyl adjacent to an activating group) is 1. The van der Waals surface area contributed by atoms with Gasteiger partial charge in [-0.1, -0.05) is 0 Å². The van der Waals surface area contributed by atoms with Crippen molar-refractivity contribution >= 4 is 22.2 Å². The number of carbonyl (C=O) groups is 1. The minimum Gasteiger partial charge on any atom is -0.320 e. The van der Waals surface area contributed by atoms with Crippen molar-refractivity contribution in [2.45, 2.75) is 20.3 Å². The third-order valence-electron chi connectivity index (χ3n) is 3.13. The molecule has 1 heterocycles. The molecule has 0 fully saturated rings. The number of nitrogens with one attached hydrogen (secondary N) is 2. The quantitative estimate of drug-likeness (QED) is 0.751. The summed E-state index contributed by atoms with van der Waals surface area (Å²) in [5.41, 5.74) is 1.54. The van der Waals surface area contributed by atoms with Gasteiger partial charge in [0, 0.05) is 4.88 Å². The highest BCUT2D eigenvalue weighted by Crippen LogP contribution is 2.31. The van der Waals surface area contributed by atoms with E-state index in [-0.39, 0.29) is 5.91 Å². The standard InChI is InChI=1S/C14H22N4OS/c1-10-11(2)20-14(12(10)8-15)17-13(19)9-18(4)7-5-6-16-3/h16H,5-7,9H2,1-4H3,(H,17,19). The van der Waals surface area contributed by atoms with E-state index in [0.29, 0.717) is 17.1 Å². The topological polar surface area (TPSA) is 68.2 Å². The third-order valence-corrected chi connectivity index (χ3v) is 4.25. The first-order valence-corrected chi connectivity index (χ1v) is 7.44. The second-order valence-corrected chi connectivity index (χ2v) is 6.07. The van der Waals surface area contributed by atoms with Crippen LogP contribution in [0.2, 0.25) is 0 Å². The van der Waals surface area contributed by atoms with Crippen LogP contribution in [0.5, 0.6) is 0 Å². The molecule has 0 aromatic carbocycles. The van der Waals surface area contributed by atoms with Crippen molar-refractivity contribution in [3.63, 3.8) is 0 Å². The summed E-state index contributed by atoms with van der Waals surface area (Å²) in [6.07, 6.45) is 1.00. The monoisotopic (exact) mass is 294 g/mol. The SMILES string of the molecule is CNCCCN(C)CC(=O)Nc1sc(C)c(C)c1C#N. The first kappa shape index (κ1) is 16.6. The number of nitrogens with zero attached hydrogens (tertiary/aromatic N) is 2. The average molecular weight is 294 g/mol. The van der Waals surface area contributed by atoms with Crippen LogP contribution in [0, 0.1) is 25.2 Å². The van der Waals surface area contributed by atoms with Crippen LogP contribution in [-0.4, -0.2) is 44.5 Å². The van der Waals surface area contributed by atoms with Gasteiger partial charge in [-0.15, -0.1) is 11.3 Å². The molecule has 0 saturated heterocycles. The smallest absolute Gasteiger partial charge is 0.239 e. The number of anilines is 1. The predicted molar refractivity (Wildman–Crippen MR) is 83.2 cm³/mol. The maximum atomic E-state index is 12.0. The lowest BCUT2D eigenvalue weighted by Gasteiger charge is -2.15. The summed E-state index contributed by atoms with van der Waals surface area (Å²) >= 11 is 1.46. The molecular weight excluding hydrogens is 272 g/mol. The lowest BCUT2D eigenvalue weighted by atomic mass is 10.2. The number of rotatable bonds is 7. The van der Waals surface area contributed by atoms with Gasteiger partial charge in [-0.2, -0.15) is 5.26 Å². The van der Waals surface area contributed by atoms with Gasteiger partial charge in [0.05, 0.1) is 12.1 Å².